The van der Waals surface area contributed by atoms with Crippen LogP contribution in [0.4, 0.5) is 10.5 Å². The van der Waals surface area contributed by atoms with Gasteiger partial charge in [-0.2, -0.15) is 0 Å². The highest BCUT2D eigenvalue weighted by molar-refractivity contribution is 5.97. The van der Waals surface area contributed by atoms with Gasteiger partial charge >= 0.3 is 6.03 Å². The smallest absolute Gasteiger partial charge is 0.319 e. The summed E-state index contributed by atoms with van der Waals surface area (Å²) in [7, 11) is 0. The monoisotopic (exact) mass is 381 g/mol. The van der Waals surface area contributed by atoms with Gasteiger partial charge in [-0.15, -0.1) is 0 Å². The van der Waals surface area contributed by atoms with E-state index >= 15 is 0 Å². The molecule has 3 N–H and O–H groups in total. The predicted molar refractivity (Wildman–Crippen MR) is 109 cm³/mol. The zero-order chi connectivity index (χ0) is 20.1. The molecule has 0 spiro atoms. The Kier molecular flexibility index (Phi) is 6.31. The van der Waals surface area contributed by atoms with Crippen molar-refractivity contribution in [3.05, 3.63) is 65.2 Å². The van der Waals surface area contributed by atoms with E-state index in [2.05, 4.69) is 10.6 Å². The number of nitrogens with one attached hydrogen (secondary N) is 2. The fourth-order valence-corrected chi connectivity index (χ4v) is 2.95. The van der Waals surface area contributed by atoms with E-state index in [1.54, 1.807) is 29.2 Å². The Morgan fingerprint density at radius 3 is 2.54 bits per heavy atom. The number of hydrogen-bond acceptors (Lipinski definition) is 3. The molecular formula is C22H27N3O3. The van der Waals surface area contributed by atoms with Crippen LogP contribution in [0.3, 0.4) is 0 Å². The normalized spacial score (nSPS) is 14.2. The van der Waals surface area contributed by atoms with E-state index in [9.17, 15) is 14.7 Å². The summed E-state index contributed by atoms with van der Waals surface area (Å²) in [5.74, 6) is -0.181. The van der Waals surface area contributed by atoms with Crippen LogP contribution in [0.2, 0.25) is 0 Å². The van der Waals surface area contributed by atoms with Gasteiger partial charge in [-0.1, -0.05) is 35.9 Å². The number of likely N-dealkylation sites (N-methyl/N-ethyl adjacent to an activating group) is 1. The van der Waals surface area contributed by atoms with Gasteiger partial charge in [-0.3, -0.25) is 4.79 Å². The standard InChI is InChI=1S/C22H27N3O3/c1-3-25(14-20(26)16-9-7-15(2)8-10-16)21(27)17-5-4-6-19(13-17)24-22(28)23-18-11-12-18/h4-10,13,18,20,26H,3,11-12,14H2,1-2H3,(H2,23,24,28). The van der Waals surface area contributed by atoms with E-state index in [1.807, 2.05) is 38.1 Å². The van der Waals surface area contributed by atoms with Crippen LogP contribution in [0.1, 0.15) is 47.4 Å². The Bertz CT molecular complexity index is 831. The van der Waals surface area contributed by atoms with Gasteiger partial charge in [0.2, 0.25) is 0 Å². The summed E-state index contributed by atoms with van der Waals surface area (Å²) < 4.78 is 0. The van der Waals surface area contributed by atoms with Gasteiger partial charge in [-0.05, 0) is 50.5 Å². The number of urea groups is 1. The average molecular weight is 381 g/mol. The Hall–Kier alpha value is -2.86. The zero-order valence-corrected chi connectivity index (χ0v) is 16.3. The Labute approximate surface area is 165 Å². The summed E-state index contributed by atoms with van der Waals surface area (Å²) in [6.07, 6.45) is 1.27. The number of aryl methyl sites for hydroxylation is 1. The highest BCUT2D eigenvalue weighted by Gasteiger charge is 2.23. The second-order valence-electron chi connectivity index (χ2n) is 7.22. The van der Waals surface area contributed by atoms with Gasteiger partial charge in [0.1, 0.15) is 0 Å². The van der Waals surface area contributed by atoms with Crippen molar-refractivity contribution in [1.82, 2.24) is 10.2 Å². The van der Waals surface area contributed by atoms with Gasteiger partial charge in [0.25, 0.3) is 5.91 Å². The summed E-state index contributed by atoms with van der Waals surface area (Å²) in [5, 5.41) is 16.1. The van der Waals surface area contributed by atoms with Crippen molar-refractivity contribution in [3.8, 4) is 0 Å². The maximum absolute atomic E-state index is 12.9. The fourth-order valence-electron chi connectivity index (χ4n) is 2.95. The molecule has 148 valence electrons. The molecule has 0 aromatic heterocycles. The summed E-state index contributed by atoms with van der Waals surface area (Å²) in [6, 6.07) is 14.5. The number of hydrogen-bond donors (Lipinski definition) is 3. The minimum Gasteiger partial charge on any atom is -0.387 e. The van der Waals surface area contributed by atoms with Crippen molar-refractivity contribution in [2.75, 3.05) is 18.4 Å². The SMILES string of the molecule is CCN(CC(O)c1ccc(C)cc1)C(=O)c1cccc(NC(=O)NC2CC2)c1. The van der Waals surface area contributed by atoms with Crippen molar-refractivity contribution in [3.63, 3.8) is 0 Å². The molecular weight excluding hydrogens is 354 g/mol. The number of carbonyl (C=O) groups is 2. The maximum Gasteiger partial charge on any atom is 0.319 e. The molecule has 2 aromatic rings. The van der Waals surface area contributed by atoms with Gasteiger partial charge in [-0.25, -0.2) is 4.79 Å². The number of aliphatic hydroxyl groups excluding tert-OH is 1. The molecule has 0 saturated heterocycles. The number of benzene rings is 2. The average Bonchev–Trinajstić information content (AvgIpc) is 3.50. The predicted octanol–water partition coefficient (Wildman–Crippen LogP) is 3.47. The van der Waals surface area contributed by atoms with Crippen LogP contribution < -0.4 is 10.6 Å². The fraction of sp³-hybridized carbons (Fsp3) is 0.364. The first-order chi connectivity index (χ1) is 13.5. The first kappa shape index (κ1) is 19.9. The van der Waals surface area contributed by atoms with E-state index in [4.69, 9.17) is 0 Å². The minimum absolute atomic E-state index is 0.181. The highest BCUT2D eigenvalue weighted by Crippen LogP contribution is 2.20. The quantitative estimate of drug-likeness (QED) is 0.687. The lowest BCUT2D eigenvalue weighted by Gasteiger charge is -2.24. The van der Waals surface area contributed by atoms with Crippen LogP contribution in [0.5, 0.6) is 0 Å². The number of amides is 3. The summed E-state index contributed by atoms with van der Waals surface area (Å²) in [6.45, 7) is 4.55. The molecule has 1 atom stereocenters. The van der Waals surface area contributed by atoms with E-state index in [0.717, 1.165) is 24.0 Å². The number of carbonyl (C=O) groups excluding carboxylic acids is 2. The molecule has 1 aliphatic rings. The summed E-state index contributed by atoms with van der Waals surface area (Å²) >= 11 is 0. The molecule has 3 rings (SSSR count). The Morgan fingerprint density at radius 1 is 1.18 bits per heavy atom. The third-order valence-corrected chi connectivity index (χ3v) is 4.80. The van der Waals surface area contributed by atoms with Gasteiger partial charge < -0.3 is 20.6 Å². The number of aliphatic hydroxyl groups is 1. The second kappa shape index (κ2) is 8.89. The van der Waals surface area contributed by atoms with E-state index in [0.29, 0.717) is 17.8 Å². The molecule has 3 amide bonds. The van der Waals surface area contributed by atoms with Crippen LogP contribution in [0.25, 0.3) is 0 Å². The highest BCUT2D eigenvalue weighted by atomic mass is 16.3. The lowest BCUT2D eigenvalue weighted by Crippen LogP contribution is -2.35. The van der Waals surface area contributed by atoms with Crippen molar-refractivity contribution < 1.29 is 14.7 Å². The topological polar surface area (TPSA) is 81.7 Å². The number of anilines is 1. The van der Waals surface area contributed by atoms with Crippen molar-refractivity contribution in [1.29, 1.82) is 0 Å². The first-order valence-corrected chi connectivity index (χ1v) is 9.67. The number of rotatable bonds is 7. The molecule has 0 heterocycles. The molecule has 28 heavy (non-hydrogen) atoms. The maximum atomic E-state index is 12.9. The molecule has 6 nitrogen and oxygen atoms in total. The van der Waals surface area contributed by atoms with Crippen LogP contribution in [-0.4, -0.2) is 41.1 Å². The van der Waals surface area contributed by atoms with E-state index in [1.165, 1.54) is 0 Å². The van der Waals surface area contributed by atoms with Gasteiger partial charge in [0.15, 0.2) is 0 Å². The molecule has 1 fully saturated rings. The summed E-state index contributed by atoms with van der Waals surface area (Å²) in [4.78, 5) is 26.4. The number of nitrogens with zero attached hydrogens (tertiary/aromatic N) is 1. The third kappa shape index (κ3) is 5.33. The second-order valence-corrected chi connectivity index (χ2v) is 7.22. The first-order valence-electron chi connectivity index (χ1n) is 9.67. The molecule has 2 aromatic carbocycles. The minimum atomic E-state index is -0.755. The molecule has 0 bridgehead atoms. The lowest BCUT2D eigenvalue weighted by molar-refractivity contribution is 0.0635. The Balaban J connectivity index is 1.65. The molecule has 1 unspecified atom stereocenters. The van der Waals surface area contributed by atoms with Gasteiger partial charge in [0, 0.05) is 23.8 Å². The van der Waals surface area contributed by atoms with Gasteiger partial charge in [0.05, 0.1) is 12.6 Å². The van der Waals surface area contributed by atoms with Crippen LogP contribution >= 0.6 is 0 Å². The lowest BCUT2D eigenvalue weighted by atomic mass is 10.1. The van der Waals surface area contributed by atoms with Crippen molar-refractivity contribution >= 4 is 17.6 Å². The third-order valence-electron chi connectivity index (χ3n) is 4.80. The van der Waals surface area contributed by atoms with Crippen molar-refractivity contribution in [2.24, 2.45) is 0 Å². The molecule has 6 heteroatoms. The van der Waals surface area contributed by atoms with Crippen molar-refractivity contribution in [2.45, 2.75) is 38.8 Å². The molecule has 1 aliphatic carbocycles. The van der Waals surface area contributed by atoms with Crippen LogP contribution in [0.15, 0.2) is 48.5 Å². The molecule has 0 aliphatic heterocycles. The van der Waals surface area contributed by atoms with E-state index < -0.39 is 6.10 Å². The largest absolute Gasteiger partial charge is 0.387 e. The Morgan fingerprint density at radius 2 is 1.89 bits per heavy atom. The molecule has 0 radical (unpaired) electrons. The zero-order valence-electron chi connectivity index (χ0n) is 16.3. The summed E-state index contributed by atoms with van der Waals surface area (Å²) in [5.41, 5.74) is 2.94. The molecule has 1 saturated carbocycles. The van der Waals surface area contributed by atoms with Crippen LogP contribution in [-0.2, 0) is 0 Å². The van der Waals surface area contributed by atoms with E-state index in [-0.39, 0.29) is 24.5 Å². The van der Waals surface area contributed by atoms with Crippen LogP contribution in [0, 0.1) is 6.92 Å².